The van der Waals surface area contributed by atoms with Crippen molar-refractivity contribution in [2.24, 2.45) is 0 Å². The van der Waals surface area contributed by atoms with E-state index >= 15 is 0 Å². The molecular weight excluding hydrogens is 256 g/mol. The first kappa shape index (κ1) is 12.1. The quantitative estimate of drug-likeness (QED) is 0.680. The molecule has 3 rings (SSSR count). The number of nitrogens with two attached hydrogens (primary N) is 1. The Balaban J connectivity index is 2.28. The molecule has 0 radical (unpaired) electrons. The average Bonchev–Trinajstić information content (AvgIpc) is 2.76. The number of aryl methyl sites for hydroxylation is 1. The van der Waals surface area contributed by atoms with Crippen molar-refractivity contribution in [3.63, 3.8) is 0 Å². The van der Waals surface area contributed by atoms with E-state index in [0.717, 1.165) is 28.2 Å². The zero-order chi connectivity index (χ0) is 13.4. The molecule has 0 aliphatic heterocycles. The minimum Gasteiger partial charge on any atom is -0.399 e. The Morgan fingerprint density at radius 2 is 1.95 bits per heavy atom. The van der Waals surface area contributed by atoms with Crippen molar-refractivity contribution >= 4 is 28.2 Å². The van der Waals surface area contributed by atoms with E-state index < -0.39 is 0 Å². The fourth-order valence-electron chi connectivity index (χ4n) is 2.52. The Hall–Kier alpha value is -1.93. The lowest BCUT2D eigenvalue weighted by molar-refractivity contribution is 0.805. The maximum absolute atomic E-state index is 6.08. The molecule has 0 bridgehead atoms. The number of hydrogen-bond acceptors (Lipinski definition) is 1. The van der Waals surface area contributed by atoms with Gasteiger partial charge in [-0.25, -0.2) is 0 Å². The lowest BCUT2D eigenvalue weighted by Gasteiger charge is -2.08. The van der Waals surface area contributed by atoms with Crippen molar-refractivity contribution in [3.05, 3.63) is 53.6 Å². The van der Waals surface area contributed by atoms with Crippen LogP contribution in [0.5, 0.6) is 0 Å². The van der Waals surface area contributed by atoms with Crippen LogP contribution in [0.4, 0.5) is 5.69 Å². The zero-order valence-electron chi connectivity index (χ0n) is 10.7. The third-order valence-electron chi connectivity index (χ3n) is 3.36. The second-order valence-electron chi connectivity index (χ2n) is 4.60. The molecule has 3 heteroatoms. The molecule has 19 heavy (non-hydrogen) atoms. The Bertz CT molecular complexity index is 744. The van der Waals surface area contributed by atoms with E-state index in [4.69, 9.17) is 17.3 Å². The monoisotopic (exact) mass is 270 g/mol. The topological polar surface area (TPSA) is 30.9 Å². The molecule has 0 spiro atoms. The molecule has 0 aliphatic carbocycles. The summed E-state index contributed by atoms with van der Waals surface area (Å²) in [6.45, 7) is 3.05. The van der Waals surface area contributed by atoms with Crippen LogP contribution in [0, 0.1) is 0 Å². The minimum atomic E-state index is 0.755. The number of aromatic nitrogens is 1. The van der Waals surface area contributed by atoms with Gasteiger partial charge in [0, 0.05) is 33.9 Å². The highest BCUT2D eigenvalue weighted by Gasteiger charge is 2.09. The number of halogens is 1. The Kier molecular flexibility index (Phi) is 2.96. The molecule has 0 fully saturated rings. The molecule has 1 aromatic heterocycles. The van der Waals surface area contributed by atoms with E-state index in [2.05, 4.69) is 29.7 Å². The second-order valence-corrected chi connectivity index (χ2v) is 5.04. The number of anilines is 1. The highest BCUT2D eigenvalue weighted by Crippen LogP contribution is 2.30. The second kappa shape index (κ2) is 4.63. The van der Waals surface area contributed by atoms with E-state index in [1.54, 1.807) is 0 Å². The van der Waals surface area contributed by atoms with Crippen LogP contribution >= 0.6 is 11.6 Å². The molecule has 0 saturated heterocycles. The van der Waals surface area contributed by atoms with E-state index in [-0.39, 0.29) is 0 Å². The molecule has 2 aromatic carbocycles. The van der Waals surface area contributed by atoms with Gasteiger partial charge in [-0.3, -0.25) is 0 Å². The smallest absolute Gasteiger partial charge is 0.0491 e. The first-order valence-corrected chi connectivity index (χ1v) is 6.71. The number of fused-ring (bicyclic) bond motifs is 1. The molecule has 96 valence electrons. The van der Waals surface area contributed by atoms with Crippen molar-refractivity contribution in [1.29, 1.82) is 0 Å². The van der Waals surface area contributed by atoms with Gasteiger partial charge in [-0.15, -0.1) is 0 Å². The highest BCUT2D eigenvalue weighted by molar-refractivity contribution is 6.30. The van der Waals surface area contributed by atoms with Gasteiger partial charge in [0.25, 0.3) is 0 Å². The summed E-state index contributed by atoms with van der Waals surface area (Å²) in [6.07, 6.45) is 0. The average molecular weight is 271 g/mol. The Morgan fingerprint density at radius 1 is 1.11 bits per heavy atom. The van der Waals surface area contributed by atoms with Gasteiger partial charge in [-0.05, 0) is 48.9 Å². The summed E-state index contributed by atoms with van der Waals surface area (Å²) in [5.74, 6) is 0. The molecular formula is C16H15ClN2. The summed E-state index contributed by atoms with van der Waals surface area (Å²) in [4.78, 5) is 0. The van der Waals surface area contributed by atoms with Gasteiger partial charge in [0.15, 0.2) is 0 Å². The number of hydrogen-bond donors (Lipinski definition) is 1. The number of nitrogen functional groups attached to an aromatic ring is 1. The van der Waals surface area contributed by atoms with Crippen molar-refractivity contribution < 1.29 is 0 Å². The number of benzene rings is 2. The first-order chi connectivity index (χ1) is 9.19. The molecule has 3 aromatic rings. The zero-order valence-corrected chi connectivity index (χ0v) is 11.5. The summed E-state index contributed by atoms with van der Waals surface area (Å²) >= 11 is 6.08. The van der Waals surface area contributed by atoms with Gasteiger partial charge in [0.1, 0.15) is 0 Å². The molecule has 1 heterocycles. The van der Waals surface area contributed by atoms with Gasteiger partial charge in [-0.2, -0.15) is 0 Å². The van der Waals surface area contributed by atoms with Gasteiger partial charge in [0.2, 0.25) is 0 Å². The summed E-state index contributed by atoms with van der Waals surface area (Å²) in [7, 11) is 0. The molecule has 2 N–H and O–H groups in total. The van der Waals surface area contributed by atoms with E-state index in [1.165, 1.54) is 11.2 Å². The fraction of sp³-hybridized carbons (Fsp3) is 0.125. The summed E-state index contributed by atoms with van der Waals surface area (Å²) < 4.78 is 2.28. The molecule has 0 unspecified atom stereocenters. The molecule has 0 atom stereocenters. The SMILES string of the molecule is CCn1c(-c2cccc(Cl)c2)cc2cc(N)ccc21. The van der Waals surface area contributed by atoms with Crippen LogP contribution in [0.1, 0.15) is 6.92 Å². The predicted octanol–water partition coefficient (Wildman–Crippen LogP) is 4.56. The van der Waals surface area contributed by atoms with Crippen LogP contribution in [0.3, 0.4) is 0 Å². The van der Waals surface area contributed by atoms with Crippen LogP contribution in [0.15, 0.2) is 48.5 Å². The highest BCUT2D eigenvalue weighted by atomic mass is 35.5. The van der Waals surface area contributed by atoms with Crippen molar-refractivity contribution in [2.45, 2.75) is 13.5 Å². The van der Waals surface area contributed by atoms with Crippen molar-refractivity contribution in [1.82, 2.24) is 4.57 Å². The standard InChI is InChI=1S/C16H15ClN2/c1-2-19-15-7-6-14(18)9-12(15)10-16(19)11-4-3-5-13(17)8-11/h3-10H,2,18H2,1H3. The van der Waals surface area contributed by atoms with Crippen LogP contribution in [0.25, 0.3) is 22.2 Å². The van der Waals surface area contributed by atoms with Gasteiger partial charge >= 0.3 is 0 Å². The maximum Gasteiger partial charge on any atom is 0.0491 e. The molecule has 0 amide bonds. The van der Waals surface area contributed by atoms with Crippen LogP contribution in [-0.4, -0.2) is 4.57 Å². The van der Waals surface area contributed by atoms with E-state index in [1.807, 2.05) is 30.3 Å². The fourth-order valence-corrected chi connectivity index (χ4v) is 2.71. The maximum atomic E-state index is 6.08. The minimum absolute atomic E-state index is 0.755. The van der Waals surface area contributed by atoms with Crippen LogP contribution in [-0.2, 0) is 6.54 Å². The van der Waals surface area contributed by atoms with Crippen LogP contribution in [0.2, 0.25) is 5.02 Å². The first-order valence-electron chi connectivity index (χ1n) is 6.33. The summed E-state index contributed by atoms with van der Waals surface area (Å²) in [6, 6.07) is 16.1. The predicted molar refractivity (Wildman–Crippen MR) is 82.5 cm³/mol. The lowest BCUT2D eigenvalue weighted by Crippen LogP contribution is -1.96. The number of rotatable bonds is 2. The van der Waals surface area contributed by atoms with E-state index in [9.17, 15) is 0 Å². The van der Waals surface area contributed by atoms with Gasteiger partial charge in [-0.1, -0.05) is 23.7 Å². The molecule has 0 aliphatic rings. The largest absolute Gasteiger partial charge is 0.399 e. The van der Waals surface area contributed by atoms with Gasteiger partial charge < -0.3 is 10.3 Å². The van der Waals surface area contributed by atoms with Crippen molar-refractivity contribution in [2.75, 3.05) is 5.73 Å². The lowest BCUT2D eigenvalue weighted by atomic mass is 10.1. The van der Waals surface area contributed by atoms with Gasteiger partial charge in [0.05, 0.1) is 0 Å². The van der Waals surface area contributed by atoms with E-state index in [0.29, 0.717) is 0 Å². The normalized spacial score (nSPS) is 11.1. The Morgan fingerprint density at radius 3 is 2.68 bits per heavy atom. The summed E-state index contributed by atoms with van der Waals surface area (Å²) in [5, 5.41) is 1.92. The van der Waals surface area contributed by atoms with Crippen molar-refractivity contribution in [3.8, 4) is 11.3 Å². The summed E-state index contributed by atoms with van der Waals surface area (Å²) in [5.41, 5.74) is 10.1. The Labute approximate surface area is 117 Å². The third-order valence-corrected chi connectivity index (χ3v) is 3.60. The molecule has 0 saturated carbocycles. The molecule has 2 nitrogen and oxygen atoms in total. The third kappa shape index (κ3) is 2.08. The number of nitrogens with zero attached hydrogens (tertiary/aromatic N) is 1. The van der Waals surface area contributed by atoms with Crippen LogP contribution < -0.4 is 5.73 Å².